The van der Waals surface area contributed by atoms with Crippen molar-refractivity contribution < 1.29 is 0 Å². The van der Waals surface area contributed by atoms with Crippen molar-refractivity contribution in [3.8, 4) is 0 Å². The Morgan fingerprint density at radius 1 is 1.44 bits per heavy atom. The van der Waals surface area contributed by atoms with Crippen LogP contribution in [0.25, 0.3) is 0 Å². The summed E-state index contributed by atoms with van der Waals surface area (Å²) in [5.41, 5.74) is 4.22. The van der Waals surface area contributed by atoms with Gasteiger partial charge in [0, 0.05) is 5.69 Å². The predicted molar refractivity (Wildman–Crippen MR) is 69.8 cm³/mol. The molecule has 1 aromatic carbocycles. The maximum atomic E-state index is 3.55. The maximum Gasteiger partial charge on any atom is 0.0769 e. The quantitative estimate of drug-likeness (QED) is 0.815. The fourth-order valence-electron chi connectivity index (χ4n) is 2.35. The normalized spacial score (nSPS) is 19.4. The zero-order valence-electron chi connectivity index (χ0n) is 10.5. The van der Waals surface area contributed by atoms with Crippen LogP contribution in [-0.2, 0) is 12.8 Å². The van der Waals surface area contributed by atoms with Crippen LogP contribution in [0, 0.1) is 5.92 Å². The third-order valence-electron chi connectivity index (χ3n) is 3.20. The molecule has 0 saturated heterocycles. The van der Waals surface area contributed by atoms with Gasteiger partial charge in [-0.25, -0.2) is 0 Å². The number of fused-ring (bicyclic) bond motifs is 1. The van der Waals surface area contributed by atoms with Gasteiger partial charge in [-0.05, 0) is 49.4 Å². The van der Waals surface area contributed by atoms with Gasteiger partial charge in [-0.15, -0.1) is 0 Å². The number of anilines is 1. The van der Waals surface area contributed by atoms with Gasteiger partial charge in [0.2, 0.25) is 0 Å². The molecule has 1 aromatic rings. The number of benzene rings is 1. The van der Waals surface area contributed by atoms with E-state index in [-0.39, 0.29) is 0 Å². The third kappa shape index (κ3) is 2.56. The highest BCUT2D eigenvalue weighted by molar-refractivity contribution is 5.55. The molecule has 1 unspecified atom stereocenters. The van der Waals surface area contributed by atoms with E-state index in [9.17, 15) is 0 Å². The van der Waals surface area contributed by atoms with Gasteiger partial charge in [-0.2, -0.15) is 0 Å². The SMILES string of the molecule is CNC1CCc2ccc(CC(C)C)cc2N1. The molecule has 2 rings (SSSR count). The first-order valence-electron chi connectivity index (χ1n) is 6.24. The van der Waals surface area contributed by atoms with Crippen molar-refractivity contribution >= 4 is 5.69 Å². The topological polar surface area (TPSA) is 24.1 Å². The first-order valence-corrected chi connectivity index (χ1v) is 6.24. The summed E-state index contributed by atoms with van der Waals surface area (Å²) in [5.74, 6) is 0.724. The van der Waals surface area contributed by atoms with E-state index in [1.54, 1.807) is 0 Å². The summed E-state index contributed by atoms with van der Waals surface area (Å²) in [4.78, 5) is 0. The molecule has 1 aliphatic heterocycles. The molecule has 1 atom stereocenters. The van der Waals surface area contributed by atoms with Gasteiger partial charge in [0.1, 0.15) is 0 Å². The molecule has 0 amide bonds. The molecule has 0 spiro atoms. The minimum atomic E-state index is 0.432. The van der Waals surface area contributed by atoms with Gasteiger partial charge in [-0.3, -0.25) is 0 Å². The lowest BCUT2D eigenvalue weighted by Crippen LogP contribution is -2.36. The van der Waals surface area contributed by atoms with Crippen molar-refractivity contribution in [1.82, 2.24) is 5.32 Å². The van der Waals surface area contributed by atoms with Crippen molar-refractivity contribution in [3.63, 3.8) is 0 Å². The van der Waals surface area contributed by atoms with Crippen LogP contribution in [0.1, 0.15) is 31.4 Å². The van der Waals surface area contributed by atoms with Crippen molar-refractivity contribution in [2.75, 3.05) is 12.4 Å². The highest BCUT2D eigenvalue weighted by Crippen LogP contribution is 2.26. The standard InChI is InChI=1S/C14H22N2/c1-10(2)8-11-4-5-12-6-7-14(15-3)16-13(12)9-11/h4-5,9-10,14-16H,6-8H2,1-3H3. The Labute approximate surface area is 98.4 Å². The highest BCUT2D eigenvalue weighted by atomic mass is 15.1. The Balaban J connectivity index is 2.17. The Hall–Kier alpha value is -1.02. The van der Waals surface area contributed by atoms with Gasteiger partial charge < -0.3 is 10.6 Å². The van der Waals surface area contributed by atoms with E-state index in [2.05, 4.69) is 42.7 Å². The lowest BCUT2D eigenvalue weighted by atomic mass is 9.96. The van der Waals surface area contributed by atoms with Gasteiger partial charge >= 0.3 is 0 Å². The zero-order valence-corrected chi connectivity index (χ0v) is 10.5. The molecule has 1 heterocycles. The highest BCUT2D eigenvalue weighted by Gasteiger charge is 2.16. The van der Waals surface area contributed by atoms with Crippen molar-refractivity contribution in [2.45, 2.75) is 39.3 Å². The lowest BCUT2D eigenvalue weighted by molar-refractivity contribution is 0.561. The van der Waals surface area contributed by atoms with Gasteiger partial charge in [0.15, 0.2) is 0 Å². The molecule has 0 aromatic heterocycles. The minimum Gasteiger partial charge on any atom is -0.370 e. The Morgan fingerprint density at radius 2 is 2.25 bits per heavy atom. The van der Waals surface area contributed by atoms with Crippen LogP contribution in [0.2, 0.25) is 0 Å². The Kier molecular flexibility index (Phi) is 3.49. The van der Waals surface area contributed by atoms with E-state index in [1.165, 1.54) is 36.1 Å². The second-order valence-corrected chi connectivity index (χ2v) is 5.11. The second kappa shape index (κ2) is 4.88. The average Bonchev–Trinajstić information content (AvgIpc) is 2.27. The fourth-order valence-corrected chi connectivity index (χ4v) is 2.35. The van der Waals surface area contributed by atoms with E-state index in [0.29, 0.717) is 6.17 Å². The molecule has 0 aliphatic carbocycles. The molecular weight excluding hydrogens is 196 g/mol. The van der Waals surface area contributed by atoms with Crippen LogP contribution in [0.3, 0.4) is 0 Å². The summed E-state index contributed by atoms with van der Waals surface area (Å²) in [7, 11) is 2.01. The van der Waals surface area contributed by atoms with E-state index in [1.807, 2.05) is 7.05 Å². The molecule has 0 bridgehead atoms. The number of hydrogen-bond donors (Lipinski definition) is 2. The number of hydrogen-bond acceptors (Lipinski definition) is 2. The molecule has 0 radical (unpaired) electrons. The van der Waals surface area contributed by atoms with E-state index >= 15 is 0 Å². The summed E-state index contributed by atoms with van der Waals surface area (Å²) < 4.78 is 0. The maximum absolute atomic E-state index is 3.55. The summed E-state index contributed by atoms with van der Waals surface area (Å²) in [6.45, 7) is 4.53. The van der Waals surface area contributed by atoms with Crippen molar-refractivity contribution in [2.24, 2.45) is 5.92 Å². The van der Waals surface area contributed by atoms with Crippen LogP contribution < -0.4 is 10.6 Å². The lowest BCUT2D eigenvalue weighted by Gasteiger charge is -2.27. The van der Waals surface area contributed by atoms with Crippen molar-refractivity contribution in [3.05, 3.63) is 29.3 Å². The molecule has 1 aliphatic rings. The van der Waals surface area contributed by atoms with Gasteiger partial charge in [0.05, 0.1) is 6.17 Å². The molecular formula is C14H22N2. The number of aryl methyl sites for hydroxylation is 1. The first kappa shape index (κ1) is 11.5. The second-order valence-electron chi connectivity index (χ2n) is 5.11. The fraction of sp³-hybridized carbons (Fsp3) is 0.571. The predicted octanol–water partition coefficient (Wildman–Crippen LogP) is 2.79. The van der Waals surface area contributed by atoms with Crippen molar-refractivity contribution in [1.29, 1.82) is 0 Å². The number of nitrogens with one attached hydrogen (secondary N) is 2. The minimum absolute atomic E-state index is 0.432. The van der Waals surface area contributed by atoms with E-state index < -0.39 is 0 Å². The summed E-state index contributed by atoms with van der Waals surface area (Å²) in [6.07, 6.45) is 3.95. The van der Waals surface area contributed by atoms with E-state index in [0.717, 1.165) is 5.92 Å². The van der Waals surface area contributed by atoms with Gasteiger partial charge in [0.25, 0.3) is 0 Å². The molecule has 2 N–H and O–H groups in total. The molecule has 0 fully saturated rings. The molecule has 2 heteroatoms. The molecule has 16 heavy (non-hydrogen) atoms. The monoisotopic (exact) mass is 218 g/mol. The summed E-state index contributed by atoms with van der Waals surface area (Å²) in [6, 6.07) is 6.88. The van der Waals surface area contributed by atoms with Crippen LogP contribution in [0.4, 0.5) is 5.69 Å². The summed E-state index contributed by atoms with van der Waals surface area (Å²) in [5, 5.41) is 6.84. The van der Waals surface area contributed by atoms with Crippen LogP contribution >= 0.6 is 0 Å². The summed E-state index contributed by atoms with van der Waals surface area (Å²) >= 11 is 0. The van der Waals surface area contributed by atoms with Crippen LogP contribution in [-0.4, -0.2) is 13.2 Å². The first-order chi connectivity index (χ1) is 7.69. The van der Waals surface area contributed by atoms with Gasteiger partial charge in [-0.1, -0.05) is 26.0 Å². The molecule has 2 nitrogen and oxygen atoms in total. The Bertz CT molecular complexity index is 358. The van der Waals surface area contributed by atoms with Crippen LogP contribution in [0.5, 0.6) is 0 Å². The zero-order chi connectivity index (χ0) is 11.5. The Morgan fingerprint density at radius 3 is 2.94 bits per heavy atom. The smallest absolute Gasteiger partial charge is 0.0769 e. The average molecular weight is 218 g/mol. The molecule has 0 saturated carbocycles. The molecule has 88 valence electrons. The third-order valence-corrected chi connectivity index (χ3v) is 3.20. The number of rotatable bonds is 3. The van der Waals surface area contributed by atoms with Crippen LogP contribution in [0.15, 0.2) is 18.2 Å². The van der Waals surface area contributed by atoms with E-state index in [4.69, 9.17) is 0 Å². The largest absolute Gasteiger partial charge is 0.370 e.